The number of nitrogens with zero attached hydrogens (tertiary/aromatic N) is 4. The van der Waals surface area contributed by atoms with Gasteiger partial charge in [-0.2, -0.15) is 0 Å². The van der Waals surface area contributed by atoms with Gasteiger partial charge in [0.25, 0.3) is 0 Å². The number of carbonyl (C=O) groups is 1. The summed E-state index contributed by atoms with van der Waals surface area (Å²) in [5.74, 6) is 2.00. The topological polar surface area (TPSA) is 65.7 Å². The van der Waals surface area contributed by atoms with E-state index in [1.54, 1.807) is 0 Å². The summed E-state index contributed by atoms with van der Waals surface area (Å²) < 4.78 is 0. The van der Waals surface area contributed by atoms with E-state index in [2.05, 4.69) is 45.1 Å². The molecule has 0 saturated carbocycles. The molecule has 6 nitrogen and oxygen atoms in total. The molecule has 1 amide bonds. The number of aromatic nitrogens is 1. The van der Waals surface area contributed by atoms with E-state index in [0.717, 1.165) is 51.6 Å². The minimum Gasteiger partial charge on any atom is -0.354 e. The van der Waals surface area contributed by atoms with Crippen LogP contribution in [0.1, 0.15) is 17.9 Å². The van der Waals surface area contributed by atoms with Crippen LogP contribution in [-0.4, -0.2) is 73.0 Å². The molecule has 0 unspecified atom stereocenters. The van der Waals surface area contributed by atoms with E-state index in [4.69, 9.17) is 5.73 Å². The molecule has 1 aromatic heterocycles. The summed E-state index contributed by atoms with van der Waals surface area (Å²) in [6.07, 6.45) is 2.43. The molecule has 0 radical (unpaired) electrons. The van der Waals surface area contributed by atoms with Gasteiger partial charge in [0.05, 0.1) is 0 Å². The van der Waals surface area contributed by atoms with Crippen LogP contribution in [0, 0.1) is 5.92 Å². The molecule has 2 aliphatic heterocycles. The molecule has 2 aromatic rings. The van der Waals surface area contributed by atoms with Gasteiger partial charge in [-0.15, -0.1) is 0 Å². The lowest BCUT2D eigenvalue weighted by Gasteiger charge is -2.35. The lowest BCUT2D eigenvalue weighted by molar-refractivity contribution is -0.130. The van der Waals surface area contributed by atoms with E-state index in [1.807, 2.05) is 29.3 Å². The second kappa shape index (κ2) is 9.37. The standard InChI is InChI=1S/C23H31N5O/c24-16-20-17-28(18-21(20)19-6-2-1-3-7-19)23(29)9-11-26-12-14-27(15-13-26)22-8-4-5-10-25-22/h1-8,10,20-21H,9,11-18,24H2/t20-,21+/m1/s1. The van der Waals surface area contributed by atoms with Crippen molar-refractivity contribution in [2.45, 2.75) is 12.3 Å². The number of benzene rings is 1. The molecule has 2 atom stereocenters. The molecular formula is C23H31N5O. The number of rotatable bonds is 6. The maximum absolute atomic E-state index is 12.9. The first-order valence-electron chi connectivity index (χ1n) is 10.7. The second-order valence-electron chi connectivity index (χ2n) is 8.08. The van der Waals surface area contributed by atoms with Crippen molar-refractivity contribution in [1.29, 1.82) is 0 Å². The fourth-order valence-electron chi connectivity index (χ4n) is 4.54. The largest absolute Gasteiger partial charge is 0.354 e. The predicted octanol–water partition coefficient (Wildman–Crippen LogP) is 1.79. The van der Waals surface area contributed by atoms with Crippen molar-refractivity contribution in [3.05, 3.63) is 60.3 Å². The SMILES string of the molecule is NC[C@@H]1CN(C(=O)CCN2CCN(c3ccccn3)CC2)C[C@H]1c1ccccc1. The fraction of sp³-hybridized carbons (Fsp3) is 0.478. The Morgan fingerprint density at radius 3 is 2.45 bits per heavy atom. The van der Waals surface area contributed by atoms with Crippen molar-refractivity contribution in [3.8, 4) is 0 Å². The summed E-state index contributed by atoms with van der Waals surface area (Å²) >= 11 is 0. The minimum absolute atomic E-state index is 0.258. The Bertz CT molecular complexity index is 776. The molecule has 0 spiro atoms. The van der Waals surface area contributed by atoms with Gasteiger partial charge in [0, 0.05) is 64.3 Å². The van der Waals surface area contributed by atoms with Crippen LogP contribution >= 0.6 is 0 Å². The van der Waals surface area contributed by atoms with Gasteiger partial charge in [-0.1, -0.05) is 36.4 Å². The molecule has 0 aliphatic carbocycles. The molecule has 2 aliphatic rings. The van der Waals surface area contributed by atoms with Crippen molar-refractivity contribution in [2.75, 3.05) is 57.3 Å². The van der Waals surface area contributed by atoms with Crippen LogP contribution in [0.2, 0.25) is 0 Å². The average Bonchev–Trinajstić information content (AvgIpc) is 3.24. The summed E-state index contributed by atoms with van der Waals surface area (Å²) in [7, 11) is 0. The Labute approximate surface area is 173 Å². The molecule has 29 heavy (non-hydrogen) atoms. The number of anilines is 1. The van der Waals surface area contributed by atoms with Crippen molar-refractivity contribution >= 4 is 11.7 Å². The number of amides is 1. The predicted molar refractivity (Wildman–Crippen MR) is 116 cm³/mol. The molecule has 0 bridgehead atoms. The number of carbonyl (C=O) groups excluding carboxylic acids is 1. The highest BCUT2D eigenvalue weighted by Gasteiger charge is 2.35. The van der Waals surface area contributed by atoms with Gasteiger partial charge in [-0.25, -0.2) is 4.98 Å². The lowest BCUT2D eigenvalue weighted by Crippen LogP contribution is -2.47. The summed E-state index contributed by atoms with van der Waals surface area (Å²) in [4.78, 5) is 24.0. The highest BCUT2D eigenvalue weighted by Crippen LogP contribution is 2.32. The zero-order valence-corrected chi connectivity index (χ0v) is 17.0. The smallest absolute Gasteiger partial charge is 0.223 e. The summed E-state index contributed by atoms with van der Waals surface area (Å²) in [6, 6.07) is 16.5. The van der Waals surface area contributed by atoms with Gasteiger partial charge in [0.15, 0.2) is 0 Å². The lowest BCUT2D eigenvalue weighted by atomic mass is 9.89. The molecule has 3 heterocycles. The monoisotopic (exact) mass is 393 g/mol. The molecule has 2 N–H and O–H groups in total. The number of piperazine rings is 1. The summed E-state index contributed by atoms with van der Waals surface area (Å²) in [5.41, 5.74) is 7.32. The maximum atomic E-state index is 12.9. The van der Waals surface area contributed by atoms with Crippen molar-refractivity contribution in [3.63, 3.8) is 0 Å². The van der Waals surface area contributed by atoms with E-state index < -0.39 is 0 Å². The Kier molecular flexibility index (Phi) is 6.42. The van der Waals surface area contributed by atoms with Crippen molar-refractivity contribution < 1.29 is 4.79 Å². The number of nitrogens with two attached hydrogens (primary N) is 1. The summed E-state index contributed by atoms with van der Waals surface area (Å²) in [6.45, 7) is 6.89. The van der Waals surface area contributed by atoms with Crippen LogP contribution in [-0.2, 0) is 4.79 Å². The zero-order valence-electron chi connectivity index (χ0n) is 17.0. The zero-order chi connectivity index (χ0) is 20.1. The molecule has 4 rings (SSSR count). The van der Waals surface area contributed by atoms with E-state index >= 15 is 0 Å². The van der Waals surface area contributed by atoms with Gasteiger partial charge < -0.3 is 15.5 Å². The average molecular weight is 394 g/mol. The molecular weight excluding hydrogens is 362 g/mol. The van der Waals surface area contributed by atoms with Gasteiger partial charge in [0.2, 0.25) is 5.91 Å². The van der Waals surface area contributed by atoms with Crippen LogP contribution in [0.3, 0.4) is 0 Å². The van der Waals surface area contributed by atoms with Crippen LogP contribution in [0.25, 0.3) is 0 Å². The molecule has 2 saturated heterocycles. The molecule has 154 valence electrons. The van der Waals surface area contributed by atoms with Crippen LogP contribution in [0.15, 0.2) is 54.7 Å². The second-order valence-corrected chi connectivity index (χ2v) is 8.08. The van der Waals surface area contributed by atoms with Crippen LogP contribution in [0.4, 0.5) is 5.82 Å². The van der Waals surface area contributed by atoms with E-state index in [1.165, 1.54) is 5.56 Å². The molecule has 6 heteroatoms. The fourth-order valence-corrected chi connectivity index (χ4v) is 4.54. The number of hydrogen-bond acceptors (Lipinski definition) is 5. The van der Waals surface area contributed by atoms with Gasteiger partial charge >= 0.3 is 0 Å². The van der Waals surface area contributed by atoms with Gasteiger partial charge in [0.1, 0.15) is 5.82 Å². The van der Waals surface area contributed by atoms with E-state index in [-0.39, 0.29) is 5.91 Å². The van der Waals surface area contributed by atoms with E-state index in [0.29, 0.717) is 24.8 Å². The van der Waals surface area contributed by atoms with Crippen molar-refractivity contribution in [1.82, 2.24) is 14.8 Å². The highest BCUT2D eigenvalue weighted by molar-refractivity contribution is 5.77. The molecule has 2 fully saturated rings. The minimum atomic E-state index is 0.258. The quantitative estimate of drug-likeness (QED) is 0.811. The Hall–Kier alpha value is -2.44. The van der Waals surface area contributed by atoms with Crippen molar-refractivity contribution in [2.24, 2.45) is 11.7 Å². The molecule has 1 aromatic carbocycles. The Morgan fingerprint density at radius 2 is 1.76 bits per heavy atom. The van der Waals surface area contributed by atoms with Crippen LogP contribution in [0.5, 0.6) is 0 Å². The van der Waals surface area contributed by atoms with Gasteiger partial charge in [-0.3, -0.25) is 9.69 Å². The normalized spacial score (nSPS) is 22.8. The Balaban J connectivity index is 1.25. The third kappa shape index (κ3) is 4.77. The van der Waals surface area contributed by atoms with E-state index in [9.17, 15) is 4.79 Å². The third-order valence-electron chi connectivity index (χ3n) is 6.31. The first-order valence-corrected chi connectivity index (χ1v) is 10.7. The maximum Gasteiger partial charge on any atom is 0.223 e. The number of hydrogen-bond donors (Lipinski definition) is 1. The number of likely N-dealkylation sites (tertiary alicyclic amines) is 1. The highest BCUT2D eigenvalue weighted by atomic mass is 16.2. The van der Waals surface area contributed by atoms with Gasteiger partial charge in [-0.05, 0) is 30.2 Å². The number of pyridine rings is 1. The third-order valence-corrected chi connectivity index (χ3v) is 6.31. The first kappa shape index (κ1) is 19.9. The summed E-state index contributed by atoms with van der Waals surface area (Å²) in [5, 5.41) is 0. The first-order chi connectivity index (χ1) is 14.2. The Morgan fingerprint density at radius 1 is 1.00 bits per heavy atom. The van der Waals surface area contributed by atoms with Crippen LogP contribution < -0.4 is 10.6 Å².